The van der Waals surface area contributed by atoms with Crippen LogP contribution in [-0.2, 0) is 19.5 Å². The molecule has 12 N–H and O–H groups in total. The average molecular weight is 281 g/mol. The molecule has 0 atom stereocenters. The Morgan fingerprint density at radius 1 is 0.385 bits per heavy atom. The Kier molecular flexibility index (Phi) is 70.6. The van der Waals surface area contributed by atoms with Crippen molar-refractivity contribution in [2.45, 2.75) is 0 Å². The van der Waals surface area contributed by atoms with Crippen LogP contribution in [0.5, 0.6) is 0 Å². The maximum atomic E-state index is 4.90. The summed E-state index contributed by atoms with van der Waals surface area (Å²) in [5, 5.41) is 0. The van der Waals surface area contributed by atoms with E-state index in [1.54, 1.807) is 0 Å². The molecule has 0 saturated heterocycles. The van der Waals surface area contributed by atoms with Crippen molar-refractivity contribution in [3.8, 4) is 0 Å². The number of nitrogens with two attached hydrogens (primary N) is 6. The molecular formula is C6H24N6Ru+2. The van der Waals surface area contributed by atoms with Crippen LogP contribution in [0.25, 0.3) is 0 Å². The zero-order valence-electron chi connectivity index (χ0n) is 8.06. The standard InChI is InChI=1S/3C2H8N2.Ru/c3*3-1-2-4;/h3*1-4H2;/q;;;+2. The van der Waals surface area contributed by atoms with Crippen molar-refractivity contribution in [2.75, 3.05) is 39.3 Å². The topological polar surface area (TPSA) is 156 Å². The molecule has 0 aliphatic heterocycles. The molecular weight excluding hydrogens is 257 g/mol. The quantitative estimate of drug-likeness (QED) is 0.298. The van der Waals surface area contributed by atoms with Crippen LogP contribution in [0.1, 0.15) is 0 Å². The van der Waals surface area contributed by atoms with Crippen LogP contribution < -0.4 is 34.4 Å². The van der Waals surface area contributed by atoms with E-state index in [1.807, 2.05) is 0 Å². The summed E-state index contributed by atoms with van der Waals surface area (Å²) < 4.78 is 0. The second-order valence-corrected chi connectivity index (χ2v) is 1.73. The fourth-order valence-electron chi connectivity index (χ4n) is 0. The summed E-state index contributed by atoms with van der Waals surface area (Å²) in [6.07, 6.45) is 0. The van der Waals surface area contributed by atoms with Gasteiger partial charge in [-0.2, -0.15) is 0 Å². The first-order valence-electron chi connectivity index (χ1n) is 3.95. The van der Waals surface area contributed by atoms with E-state index in [4.69, 9.17) is 34.4 Å². The predicted octanol–water partition coefficient (Wildman–Crippen LogP) is -3.29. The molecule has 0 radical (unpaired) electrons. The molecule has 0 aliphatic carbocycles. The van der Waals surface area contributed by atoms with Crippen molar-refractivity contribution in [1.82, 2.24) is 0 Å². The summed E-state index contributed by atoms with van der Waals surface area (Å²) in [6, 6.07) is 0. The van der Waals surface area contributed by atoms with Gasteiger partial charge in [0, 0.05) is 39.3 Å². The fraction of sp³-hybridized carbons (Fsp3) is 1.00. The van der Waals surface area contributed by atoms with Crippen molar-refractivity contribution < 1.29 is 19.5 Å². The van der Waals surface area contributed by atoms with Crippen molar-refractivity contribution in [2.24, 2.45) is 34.4 Å². The summed E-state index contributed by atoms with van der Waals surface area (Å²) in [5.74, 6) is 0. The second-order valence-electron chi connectivity index (χ2n) is 1.73. The molecule has 6 nitrogen and oxygen atoms in total. The Bertz CT molecular complexity index is 32.6. The molecule has 0 bridgehead atoms. The SMILES string of the molecule is NCCN.NCCN.NCCN.[Ru+2]. The van der Waals surface area contributed by atoms with Crippen LogP contribution >= 0.6 is 0 Å². The van der Waals surface area contributed by atoms with Crippen LogP contribution in [0.15, 0.2) is 0 Å². The molecule has 0 aliphatic rings. The minimum atomic E-state index is 0. The van der Waals surface area contributed by atoms with E-state index >= 15 is 0 Å². The van der Waals surface area contributed by atoms with Crippen LogP contribution in [0, 0.1) is 0 Å². The van der Waals surface area contributed by atoms with E-state index in [2.05, 4.69) is 0 Å². The molecule has 0 unspecified atom stereocenters. The molecule has 0 aromatic rings. The van der Waals surface area contributed by atoms with Gasteiger partial charge in [0.15, 0.2) is 0 Å². The summed E-state index contributed by atoms with van der Waals surface area (Å²) in [6.45, 7) is 3.58. The summed E-state index contributed by atoms with van der Waals surface area (Å²) in [4.78, 5) is 0. The summed E-state index contributed by atoms with van der Waals surface area (Å²) in [7, 11) is 0. The minimum absolute atomic E-state index is 0. The molecule has 0 heterocycles. The van der Waals surface area contributed by atoms with Gasteiger partial charge in [-0.15, -0.1) is 0 Å². The van der Waals surface area contributed by atoms with E-state index < -0.39 is 0 Å². The second kappa shape index (κ2) is 39.4. The maximum Gasteiger partial charge on any atom is 2.00 e. The number of hydrogen-bond acceptors (Lipinski definition) is 6. The zero-order chi connectivity index (χ0) is 10.2. The largest absolute Gasteiger partial charge is 2.00 e. The first-order chi connectivity index (χ1) is 5.74. The van der Waals surface area contributed by atoms with Crippen LogP contribution in [0.2, 0.25) is 0 Å². The Morgan fingerprint density at radius 2 is 0.462 bits per heavy atom. The Hall–Kier alpha value is 0.383. The van der Waals surface area contributed by atoms with Gasteiger partial charge in [-0.25, -0.2) is 0 Å². The third-order valence-corrected chi connectivity index (χ3v) is 0.500. The van der Waals surface area contributed by atoms with Gasteiger partial charge >= 0.3 is 19.5 Å². The Balaban J connectivity index is -0.0000000450. The zero-order valence-corrected chi connectivity index (χ0v) is 9.80. The summed E-state index contributed by atoms with van der Waals surface area (Å²) >= 11 is 0. The van der Waals surface area contributed by atoms with Crippen molar-refractivity contribution >= 4 is 0 Å². The first-order valence-corrected chi connectivity index (χ1v) is 3.95. The molecule has 7 heteroatoms. The fourth-order valence-corrected chi connectivity index (χ4v) is 0. The third-order valence-electron chi connectivity index (χ3n) is 0.500. The van der Waals surface area contributed by atoms with E-state index in [0.717, 1.165) is 0 Å². The van der Waals surface area contributed by atoms with Gasteiger partial charge in [0.25, 0.3) is 0 Å². The normalized spacial score (nSPS) is 6.92. The Labute approximate surface area is 93.5 Å². The number of rotatable bonds is 3. The van der Waals surface area contributed by atoms with E-state index in [0.29, 0.717) is 39.3 Å². The smallest absolute Gasteiger partial charge is 0.329 e. The molecule has 0 aromatic heterocycles. The molecule has 0 aromatic carbocycles. The molecule has 13 heavy (non-hydrogen) atoms. The minimum Gasteiger partial charge on any atom is -0.329 e. The van der Waals surface area contributed by atoms with E-state index in [1.165, 1.54) is 0 Å². The van der Waals surface area contributed by atoms with Crippen LogP contribution in [0.4, 0.5) is 0 Å². The molecule has 0 fully saturated rings. The van der Waals surface area contributed by atoms with Crippen LogP contribution in [-0.4, -0.2) is 39.3 Å². The number of hydrogen-bond donors (Lipinski definition) is 6. The van der Waals surface area contributed by atoms with Gasteiger partial charge in [-0.3, -0.25) is 0 Å². The first kappa shape index (κ1) is 23.3. The van der Waals surface area contributed by atoms with Crippen molar-refractivity contribution in [3.05, 3.63) is 0 Å². The van der Waals surface area contributed by atoms with Gasteiger partial charge < -0.3 is 34.4 Å². The van der Waals surface area contributed by atoms with Gasteiger partial charge in [0.2, 0.25) is 0 Å². The van der Waals surface area contributed by atoms with Gasteiger partial charge in [-0.05, 0) is 0 Å². The average Bonchev–Trinajstić information content (AvgIpc) is 2.18. The van der Waals surface area contributed by atoms with Crippen molar-refractivity contribution in [1.29, 1.82) is 0 Å². The van der Waals surface area contributed by atoms with Gasteiger partial charge in [0.1, 0.15) is 0 Å². The molecule has 84 valence electrons. The molecule has 0 rings (SSSR count). The molecule has 0 amide bonds. The Morgan fingerprint density at radius 3 is 0.462 bits per heavy atom. The van der Waals surface area contributed by atoms with E-state index in [-0.39, 0.29) is 19.5 Å². The van der Waals surface area contributed by atoms with E-state index in [9.17, 15) is 0 Å². The monoisotopic (exact) mass is 282 g/mol. The maximum absolute atomic E-state index is 4.90. The molecule has 0 saturated carbocycles. The van der Waals surface area contributed by atoms with Gasteiger partial charge in [-0.1, -0.05) is 0 Å². The third kappa shape index (κ3) is 117. The van der Waals surface area contributed by atoms with Gasteiger partial charge in [0.05, 0.1) is 0 Å². The van der Waals surface area contributed by atoms with Crippen molar-refractivity contribution in [3.63, 3.8) is 0 Å². The predicted molar refractivity (Wildman–Crippen MR) is 54.3 cm³/mol. The summed E-state index contributed by atoms with van der Waals surface area (Å²) in [5.41, 5.74) is 29.4. The molecule has 0 spiro atoms. The van der Waals surface area contributed by atoms with Crippen LogP contribution in [0.3, 0.4) is 0 Å².